The van der Waals surface area contributed by atoms with Crippen molar-refractivity contribution in [3.05, 3.63) is 0 Å². The topological polar surface area (TPSA) is 52.6 Å². The standard InChI is InChI=1S/C14H26N2O2/c1-11-6-5-9-15-12(11)13(17)16(2)10-14(18)7-3-4-8-14/h11-12,15,18H,3-10H2,1-2H3. The first-order valence-corrected chi connectivity index (χ1v) is 7.23. The van der Waals surface area contributed by atoms with Gasteiger partial charge in [0.25, 0.3) is 0 Å². The van der Waals surface area contributed by atoms with E-state index in [1.807, 2.05) is 7.05 Å². The Bertz CT molecular complexity index is 300. The molecule has 18 heavy (non-hydrogen) atoms. The van der Waals surface area contributed by atoms with Gasteiger partial charge in [0.05, 0.1) is 11.6 Å². The van der Waals surface area contributed by atoms with Crippen LogP contribution in [0.5, 0.6) is 0 Å². The van der Waals surface area contributed by atoms with E-state index in [0.29, 0.717) is 12.5 Å². The van der Waals surface area contributed by atoms with Crippen LogP contribution in [0.3, 0.4) is 0 Å². The zero-order chi connectivity index (χ0) is 13.2. The zero-order valence-electron chi connectivity index (χ0n) is 11.6. The number of aliphatic hydroxyl groups is 1. The number of amides is 1. The molecule has 1 amide bonds. The summed E-state index contributed by atoms with van der Waals surface area (Å²) in [5.74, 6) is 0.537. The monoisotopic (exact) mass is 254 g/mol. The van der Waals surface area contributed by atoms with E-state index in [0.717, 1.165) is 45.1 Å². The molecule has 1 heterocycles. The van der Waals surface area contributed by atoms with E-state index in [2.05, 4.69) is 12.2 Å². The fraction of sp³-hybridized carbons (Fsp3) is 0.929. The summed E-state index contributed by atoms with van der Waals surface area (Å²) < 4.78 is 0. The molecule has 1 aliphatic carbocycles. The third kappa shape index (κ3) is 3.04. The van der Waals surface area contributed by atoms with Gasteiger partial charge in [0.1, 0.15) is 0 Å². The second kappa shape index (κ2) is 5.57. The maximum Gasteiger partial charge on any atom is 0.239 e. The summed E-state index contributed by atoms with van der Waals surface area (Å²) in [6.07, 6.45) is 6.09. The molecule has 4 nitrogen and oxygen atoms in total. The van der Waals surface area contributed by atoms with E-state index in [1.54, 1.807) is 4.90 Å². The van der Waals surface area contributed by atoms with Crippen LogP contribution in [-0.4, -0.2) is 47.7 Å². The Balaban J connectivity index is 1.91. The van der Waals surface area contributed by atoms with Crippen LogP contribution >= 0.6 is 0 Å². The lowest BCUT2D eigenvalue weighted by atomic mass is 9.91. The highest BCUT2D eigenvalue weighted by molar-refractivity contribution is 5.82. The van der Waals surface area contributed by atoms with Gasteiger partial charge in [-0.15, -0.1) is 0 Å². The molecule has 104 valence electrons. The third-order valence-electron chi connectivity index (χ3n) is 4.48. The first kappa shape index (κ1) is 13.8. The first-order valence-electron chi connectivity index (χ1n) is 7.23. The number of nitrogens with zero attached hydrogens (tertiary/aromatic N) is 1. The van der Waals surface area contributed by atoms with Crippen molar-refractivity contribution >= 4 is 5.91 Å². The highest BCUT2D eigenvalue weighted by atomic mass is 16.3. The van der Waals surface area contributed by atoms with Crippen LogP contribution in [0.1, 0.15) is 45.4 Å². The van der Waals surface area contributed by atoms with Crippen molar-refractivity contribution in [2.45, 2.75) is 57.1 Å². The Morgan fingerprint density at radius 3 is 2.67 bits per heavy atom. The van der Waals surface area contributed by atoms with Gasteiger partial charge in [-0.05, 0) is 38.1 Å². The molecule has 0 aromatic heterocycles. The van der Waals surface area contributed by atoms with E-state index in [4.69, 9.17) is 0 Å². The minimum Gasteiger partial charge on any atom is -0.388 e. The lowest BCUT2D eigenvalue weighted by Gasteiger charge is -2.35. The number of nitrogens with one attached hydrogen (secondary N) is 1. The van der Waals surface area contributed by atoms with E-state index < -0.39 is 5.60 Å². The molecule has 1 saturated heterocycles. The summed E-state index contributed by atoms with van der Waals surface area (Å²) in [5, 5.41) is 13.7. The van der Waals surface area contributed by atoms with Gasteiger partial charge in [0, 0.05) is 13.6 Å². The van der Waals surface area contributed by atoms with Crippen LogP contribution in [0.2, 0.25) is 0 Å². The van der Waals surface area contributed by atoms with Gasteiger partial charge in [-0.2, -0.15) is 0 Å². The normalized spacial score (nSPS) is 31.3. The van der Waals surface area contributed by atoms with Crippen molar-refractivity contribution in [1.29, 1.82) is 0 Å². The highest BCUT2D eigenvalue weighted by Gasteiger charge is 2.36. The molecule has 0 radical (unpaired) electrons. The predicted octanol–water partition coefficient (Wildman–Crippen LogP) is 1.14. The van der Waals surface area contributed by atoms with E-state index in [1.165, 1.54) is 0 Å². The van der Waals surface area contributed by atoms with E-state index in [-0.39, 0.29) is 11.9 Å². The summed E-state index contributed by atoms with van der Waals surface area (Å²) in [6.45, 7) is 3.54. The molecule has 2 rings (SSSR count). The van der Waals surface area contributed by atoms with Gasteiger partial charge in [-0.1, -0.05) is 19.8 Å². The third-order valence-corrected chi connectivity index (χ3v) is 4.48. The lowest BCUT2D eigenvalue weighted by molar-refractivity contribution is -0.137. The van der Waals surface area contributed by atoms with Crippen LogP contribution in [-0.2, 0) is 4.79 Å². The fourth-order valence-corrected chi connectivity index (χ4v) is 3.33. The summed E-state index contributed by atoms with van der Waals surface area (Å²) in [5.41, 5.74) is -0.637. The first-order chi connectivity index (χ1) is 8.52. The molecular weight excluding hydrogens is 228 g/mol. The van der Waals surface area contributed by atoms with Crippen LogP contribution in [0.4, 0.5) is 0 Å². The predicted molar refractivity (Wildman–Crippen MR) is 71.2 cm³/mol. The van der Waals surface area contributed by atoms with Gasteiger partial charge < -0.3 is 15.3 Å². The fourth-order valence-electron chi connectivity index (χ4n) is 3.33. The molecule has 0 aromatic rings. The van der Waals surface area contributed by atoms with Gasteiger partial charge in [0.15, 0.2) is 0 Å². The van der Waals surface area contributed by atoms with Crippen LogP contribution in [0.15, 0.2) is 0 Å². The Morgan fingerprint density at radius 1 is 1.39 bits per heavy atom. The summed E-state index contributed by atoms with van der Waals surface area (Å²) >= 11 is 0. The Hall–Kier alpha value is -0.610. The molecule has 2 atom stereocenters. The molecule has 4 heteroatoms. The number of hydrogen-bond donors (Lipinski definition) is 2. The number of carbonyl (C=O) groups excluding carboxylic acids is 1. The maximum absolute atomic E-state index is 12.4. The molecule has 1 aliphatic heterocycles. The van der Waals surface area contributed by atoms with Gasteiger partial charge >= 0.3 is 0 Å². The minimum atomic E-state index is -0.637. The Morgan fingerprint density at radius 2 is 2.06 bits per heavy atom. The maximum atomic E-state index is 12.4. The summed E-state index contributed by atoms with van der Waals surface area (Å²) in [7, 11) is 1.82. The van der Waals surface area contributed by atoms with Gasteiger partial charge in [-0.3, -0.25) is 4.79 Å². The van der Waals surface area contributed by atoms with E-state index in [9.17, 15) is 9.90 Å². The minimum absolute atomic E-state index is 0.0613. The Labute approximate surface area is 110 Å². The number of piperidine rings is 1. The van der Waals surface area contributed by atoms with Crippen LogP contribution < -0.4 is 5.32 Å². The number of hydrogen-bond acceptors (Lipinski definition) is 3. The number of carbonyl (C=O) groups is 1. The van der Waals surface area contributed by atoms with Gasteiger partial charge in [-0.25, -0.2) is 0 Å². The molecule has 0 spiro atoms. The SMILES string of the molecule is CC1CCCNC1C(=O)N(C)CC1(O)CCCC1. The number of rotatable bonds is 3. The molecule has 0 bridgehead atoms. The quantitative estimate of drug-likeness (QED) is 0.794. The molecule has 0 aromatic carbocycles. The zero-order valence-corrected chi connectivity index (χ0v) is 11.6. The largest absolute Gasteiger partial charge is 0.388 e. The lowest BCUT2D eigenvalue weighted by Crippen LogP contribution is -2.54. The van der Waals surface area contributed by atoms with Crippen molar-refractivity contribution in [2.24, 2.45) is 5.92 Å². The van der Waals surface area contributed by atoms with Crippen molar-refractivity contribution in [2.75, 3.05) is 20.1 Å². The molecule has 2 aliphatic rings. The molecule has 1 saturated carbocycles. The second-order valence-corrected chi connectivity index (χ2v) is 6.18. The van der Waals surface area contributed by atoms with Crippen molar-refractivity contribution in [3.63, 3.8) is 0 Å². The van der Waals surface area contributed by atoms with Crippen LogP contribution in [0.25, 0.3) is 0 Å². The van der Waals surface area contributed by atoms with Crippen LogP contribution in [0, 0.1) is 5.92 Å². The van der Waals surface area contributed by atoms with E-state index >= 15 is 0 Å². The van der Waals surface area contributed by atoms with Gasteiger partial charge in [0.2, 0.25) is 5.91 Å². The average molecular weight is 254 g/mol. The summed E-state index contributed by atoms with van der Waals surface area (Å²) in [6, 6.07) is -0.0613. The van der Waals surface area contributed by atoms with Crippen molar-refractivity contribution in [1.82, 2.24) is 10.2 Å². The molecule has 2 unspecified atom stereocenters. The van der Waals surface area contributed by atoms with Crippen molar-refractivity contribution < 1.29 is 9.90 Å². The highest BCUT2D eigenvalue weighted by Crippen LogP contribution is 2.30. The Kier molecular flexibility index (Phi) is 4.28. The smallest absolute Gasteiger partial charge is 0.239 e. The number of likely N-dealkylation sites (N-methyl/N-ethyl adjacent to an activating group) is 1. The summed E-state index contributed by atoms with van der Waals surface area (Å²) in [4.78, 5) is 14.1. The second-order valence-electron chi connectivity index (χ2n) is 6.18. The average Bonchev–Trinajstić information content (AvgIpc) is 2.75. The molecule has 2 fully saturated rings. The van der Waals surface area contributed by atoms with Crippen molar-refractivity contribution in [3.8, 4) is 0 Å². The molecule has 2 N–H and O–H groups in total. The molecular formula is C14H26N2O2.